The molecule has 3 aliphatic heterocycles. The fraction of sp³-hybridized carbons (Fsp3) is 1.00. The Morgan fingerprint density at radius 2 is 2.36 bits per heavy atom. The van der Waals surface area contributed by atoms with Crippen molar-refractivity contribution in [3.8, 4) is 0 Å². The number of hydrogen-bond donors (Lipinski definition) is 1. The number of fused-ring (bicyclic) bond motifs is 3. The molecule has 3 saturated heterocycles. The lowest BCUT2D eigenvalue weighted by Gasteiger charge is -2.47. The molecular weight excluding hydrogens is 206 g/mol. The molecule has 3 rings (SSSR count). The number of alkyl halides is 1. The minimum absolute atomic E-state index is 0.0425. The average Bonchev–Trinajstić information content (AvgIpc) is 2.05. The Morgan fingerprint density at radius 3 is 2.82 bits per heavy atom. The molecule has 4 atom stereocenters. The molecule has 11 heavy (non-hydrogen) atoms. The van der Waals surface area contributed by atoms with Gasteiger partial charge in [-0.05, 0) is 25.3 Å². The van der Waals surface area contributed by atoms with Crippen molar-refractivity contribution in [1.82, 2.24) is 4.90 Å². The van der Waals surface area contributed by atoms with E-state index in [4.69, 9.17) is 0 Å². The molecule has 0 aromatic heterocycles. The fourth-order valence-electron chi connectivity index (χ4n) is 2.27. The summed E-state index contributed by atoms with van der Waals surface area (Å²) in [6, 6.07) is 0.692. The Kier molecular flexibility index (Phi) is 2.21. The van der Waals surface area contributed by atoms with Crippen LogP contribution in [0.4, 0.5) is 0 Å². The van der Waals surface area contributed by atoms with E-state index in [1.807, 2.05) is 0 Å². The first-order valence-corrected chi connectivity index (χ1v) is 5.41. The zero-order valence-electron chi connectivity index (χ0n) is 6.54. The monoisotopic (exact) mass is 219 g/mol. The van der Waals surface area contributed by atoms with Crippen LogP contribution in [0.3, 0.4) is 0 Å². The summed E-state index contributed by atoms with van der Waals surface area (Å²) in [6.45, 7) is 2.10. The van der Waals surface area contributed by atoms with Gasteiger partial charge in [0.15, 0.2) is 0 Å². The number of rotatable bonds is 1. The van der Waals surface area contributed by atoms with Crippen molar-refractivity contribution in [1.29, 1.82) is 0 Å². The third kappa shape index (κ3) is 1.34. The molecule has 1 N–H and O–H groups in total. The van der Waals surface area contributed by atoms with Crippen LogP contribution in [0.2, 0.25) is 0 Å². The van der Waals surface area contributed by atoms with Crippen LogP contribution in [0.1, 0.15) is 12.8 Å². The number of nitrogens with zero attached hydrogens (tertiary/aromatic N) is 1. The van der Waals surface area contributed by atoms with E-state index < -0.39 is 0 Å². The minimum atomic E-state index is -0.0425. The van der Waals surface area contributed by atoms with E-state index in [-0.39, 0.29) is 6.10 Å². The van der Waals surface area contributed by atoms with Gasteiger partial charge in [-0.15, -0.1) is 0 Å². The maximum atomic E-state index is 9.56. The van der Waals surface area contributed by atoms with Crippen LogP contribution < -0.4 is 0 Å². The van der Waals surface area contributed by atoms with E-state index in [0.29, 0.717) is 12.0 Å². The molecule has 2 nitrogen and oxygen atoms in total. The van der Waals surface area contributed by atoms with Crippen molar-refractivity contribution in [3.63, 3.8) is 0 Å². The van der Waals surface area contributed by atoms with E-state index in [1.54, 1.807) is 0 Å². The van der Waals surface area contributed by atoms with Gasteiger partial charge in [0, 0.05) is 17.9 Å². The summed E-state index contributed by atoms with van der Waals surface area (Å²) in [5, 5.41) is 10.6. The SMILES string of the molecule is O[C@@H]1CN2CC[C@H]1C[C@@H]2CBr. The molecule has 3 aliphatic rings. The summed E-state index contributed by atoms with van der Waals surface area (Å²) in [7, 11) is 0. The first-order chi connectivity index (χ1) is 5.31. The second-order valence-corrected chi connectivity index (χ2v) is 4.30. The molecule has 0 amide bonds. The van der Waals surface area contributed by atoms with Gasteiger partial charge in [0.05, 0.1) is 6.10 Å². The Labute approximate surface area is 75.7 Å². The smallest absolute Gasteiger partial charge is 0.0696 e. The second kappa shape index (κ2) is 3.04. The fourth-order valence-corrected chi connectivity index (χ4v) is 2.94. The van der Waals surface area contributed by atoms with Crippen LogP contribution >= 0.6 is 15.9 Å². The predicted octanol–water partition coefficient (Wildman–Crippen LogP) is 0.836. The van der Waals surface area contributed by atoms with Crippen molar-refractivity contribution in [2.75, 3.05) is 18.4 Å². The molecule has 1 unspecified atom stereocenters. The van der Waals surface area contributed by atoms with E-state index >= 15 is 0 Å². The van der Waals surface area contributed by atoms with Crippen molar-refractivity contribution in [3.05, 3.63) is 0 Å². The lowest BCUT2D eigenvalue weighted by atomic mass is 9.82. The Balaban J connectivity index is 2.04. The first-order valence-electron chi connectivity index (χ1n) is 4.29. The van der Waals surface area contributed by atoms with E-state index in [0.717, 1.165) is 11.9 Å². The standard InChI is InChI=1S/C8H14BrNO/c9-4-7-3-6-1-2-10(7)5-8(6)11/h6-8,11H,1-5H2/t6-,7+,8+/m0/s1. The molecule has 3 heteroatoms. The van der Waals surface area contributed by atoms with E-state index in [1.165, 1.54) is 19.4 Å². The summed E-state index contributed by atoms with van der Waals surface area (Å²) in [4.78, 5) is 2.40. The van der Waals surface area contributed by atoms with Crippen molar-refractivity contribution >= 4 is 15.9 Å². The minimum Gasteiger partial charge on any atom is -0.392 e. The Morgan fingerprint density at radius 1 is 1.55 bits per heavy atom. The first kappa shape index (κ1) is 8.02. The number of hydrogen-bond acceptors (Lipinski definition) is 2. The molecule has 0 aliphatic carbocycles. The van der Waals surface area contributed by atoms with Crippen molar-refractivity contribution in [2.45, 2.75) is 25.0 Å². The van der Waals surface area contributed by atoms with Gasteiger partial charge in [0.1, 0.15) is 0 Å². The largest absolute Gasteiger partial charge is 0.392 e. The van der Waals surface area contributed by atoms with Gasteiger partial charge < -0.3 is 5.11 Å². The maximum Gasteiger partial charge on any atom is 0.0696 e. The summed E-state index contributed by atoms with van der Waals surface area (Å²) in [5.74, 6) is 0.586. The lowest BCUT2D eigenvalue weighted by molar-refractivity contribution is -0.0480. The molecule has 3 fully saturated rings. The Hall–Kier alpha value is 0.400. The highest BCUT2D eigenvalue weighted by Crippen LogP contribution is 2.32. The topological polar surface area (TPSA) is 23.5 Å². The molecular formula is C8H14BrNO. The van der Waals surface area contributed by atoms with Crippen LogP contribution in [0, 0.1) is 5.92 Å². The van der Waals surface area contributed by atoms with Gasteiger partial charge in [-0.2, -0.15) is 0 Å². The predicted molar refractivity (Wildman–Crippen MR) is 47.9 cm³/mol. The van der Waals surface area contributed by atoms with Crippen LogP contribution in [0.15, 0.2) is 0 Å². The molecule has 2 bridgehead atoms. The average molecular weight is 220 g/mol. The quantitative estimate of drug-likeness (QED) is 0.662. The van der Waals surface area contributed by atoms with Crippen LogP contribution in [0.25, 0.3) is 0 Å². The van der Waals surface area contributed by atoms with Gasteiger partial charge in [0.2, 0.25) is 0 Å². The normalized spacial score (nSPS) is 49.6. The van der Waals surface area contributed by atoms with Gasteiger partial charge >= 0.3 is 0 Å². The van der Waals surface area contributed by atoms with Crippen molar-refractivity contribution < 1.29 is 5.11 Å². The van der Waals surface area contributed by atoms with Crippen LogP contribution in [-0.4, -0.2) is 40.6 Å². The molecule has 0 aromatic carbocycles. The van der Waals surface area contributed by atoms with Gasteiger partial charge in [-0.3, -0.25) is 4.90 Å². The van der Waals surface area contributed by atoms with Crippen molar-refractivity contribution in [2.24, 2.45) is 5.92 Å². The van der Waals surface area contributed by atoms with E-state index in [2.05, 4.69) is 20.8 Å². The number of halogens is 1. The third-order valence-electron chi connectivity index (χ3n) is 3.02. The molecule has 0 spiro atoms. The highest BCUT2D eigenvalue weighted by Gasteiger charge is 2.38. The lowest BCUT2D eigenvalue weighted by Crippen LogP contribution is -2.56. The summed E-state index contributed by atoms with van der Waals surface area (Å²) >= 11 is 3.51. The van der Waals surface area contributed by atoms with Gasteiger partial charge in [-0.1, -0.05) is 15.9 Å². The van der Waals surface area contributed by atoms with Crippen LogP contribution in [-0.2, 0) is 0 Å². The molecule has 0 saturated carbocycles. The zero-order valence-corrected chi connectivity index (χ0v) is 8.13. The third-order valence-corrected chi connectivity index (χ3v) is 3.77. The summed E-state index contributed by atoms with van der Waals surface area (Å²) < 4.78 is 0. The van der Waals surface area contributed by atoms with Gasteiger partial charge in [-0.25, -0.2) is 0 Å². The van der Waals surface area contributed by atoms with Crippen LogP contribution in [0.5, 0.6) is 0 Å². The second-order valence-electron chi connectivity index (χ2n) is 3.65. The molecule has 64 valence electrons. The summed E-state index contributed by atoms with van der Waals surface area (Å²) in [5.41, 5.74) is 0. The summed E-state index contributed by atoms with van der Waals surface area (Å²) in [6.07, 6.45) is 2.34. The van der Waals surface area contributed by atoms with E-state index in [9.17, 15) is 5.11 Å². The number of piperidine rings is 3. The van der Waals surface area contributed by atoms with Gasteiger partial charge in [0.25, 0.3) is 0 Å². The Bertz CT molecular complexity index is 153. The molecule has 0 aromatic rings. The number of aliphatic hydroxyl groups is 1. The zero-order chi connectivity index (χ0) is 7.84. The maximum absolute atomic E-state index is 9.56. The number of aliphatic hydroxyl groups excluding tert-OH is 1. The molecule has 3 heterocycles. The molecule has 0 radical (unpaired) electrons. The highest BCUT2D eigenvalue weighted by molar-refractivity contribution is 9.09. The highest BCUT2D eigenvalue weighted by atomic mass is 79.9.